The molecule has 3 aromatic rings. The maximum Gasteiger partial charge on any atom is 0.388 e. The quantitative estimate of drug-likeness (QED) is 0.210. The van der Waals surface area contributed by atoms with Gasteiger partial charge in [-0.05, 0) is 49.2 Å². The van der Waals surface area contributed by atoms with Crippen molar-refractivity contribution in [2.45, 2.75) is 42.9 Å². The molecule has 2 aromatic carbocycles. The molecule has 1 aliphatic heterocycles. The van der Waals surface area contributed by atoms with Crippen LogP contribution in [0.25, 0.3) is 11.3 Å². The van der Waals surface area contributed by atoms with Gasteiger partial charge < -0.3 is 11.1 Å². The van der Waals surface area contributed by atoms with Crippen molar-refractivity contribution in [3.05, 3.63) is 70.9 Å². The average Bonchev–Trinajstić information content (AvgIpc) is 3.34. The van der Waals surface area contributed by atoms with Crippen molar-refractivity contribution in [3.8, 4) is 11.3 Å². The maximum absolute atomic E-state index is 12.9. The zero-order chi connectivity index (χ0) is 22.7. The van der Waals surface area contributed by atoms with E-state index in [1.807, 2.05) is 36.4 Å². The number of benzene rings is 2. The fourth-order valence-electron chi connectivity index (χ4n) is 3.72. The highest BCUT2D eigenvalue weighted by Crippen LogP contribution is 2.28. The number of hydrogen-bond donors (Lipinski definition) is 3. The van der Waals surface area contributed by atoms with Crippen LogP contribution in [0, 0.1) is 10.3 Å². The van der Waals surface area contributed by atoms with Crippen LogP contribution >= 0.6 is 11.8 Å². The molecule has 0 spiro atoms. The number of aromatic nitrogens is 2. The van der Waals surface area contributed by atoms with Crippen molar-refractivity contribution in [1.29, 1.82) is 5.41 Å². The lowest BCUT2D eigenvalue weighted by Gasteiger charge is -2.10. The topological polar surface area (TPSA) is 108 Å². The summed E-state index contributed by atoms with van der Waals surface area (Å²) in [5, 5.41) is 12.4. The lowest BCUT2D eigenvalue weighted by atomic mass is 10.1. The lowest BCUT2D eigenvalue weighted by molar-refractivity contribution is -0.331. The summed E-state index contributed by atoms with van der Waals surface area (Å²) < 4.78 is 0.540. The monoisotopic (exact) mass is 447 g/mol. The van der Waals surface area contributed by atoms with Crippen molar-refractivity contribution in [3.63, 3.8) is 0 Å². The molecule has 1 aliphatic rings. The van der Waals surface area contributed by atoms with E-state index in [4.69, 9.17) is 11.1 Å². The SMILES string of the molecule is CC(C)Sc1ccc(-c2cnc(N)c(C(=N)[N+](=O)c3ccc(C4CCCN4)cc3)n2)cc1. The fraction of sp³-hybridized carbons (Fsp3) is 0.292. The molecule has 4 N–H and O–H groups in total. The van der Waals surface area contributed by atoms with Gasteiger partial charge in [0.05, 0.1) is 11.9 Å². The second-order valence-electron chi connectivity index (χ2n) is 8.06. The molecule has 32 heavy (non-hydrogen) atoms. The molecule has 1 unspecified atom stereocenters. The fourth-order valence-corrected chi connectivity index (χ4v) is 4.56. The molecule has 0 amide bonds. The number of amidine groups is 1. The molecule has 0 saturated carbocycles. The van der Waals surface area contributed by atoms with Crippen LogP contribution in [0.5, 0.6) is 0 Å². The standard InChI is InChI=1S/C24H27N6OS/c1-15(2)32-19-11-7-17(8-12-19)21-14-28-23(25)22(29-21)24(26)30(31)18-9-5-16(6-10-18)20-4-3-13-27-20/h5-12,14-15,20,26-27H,3-4,13H2,1-2H3,(H2,25,28)/q+1. The van der Waals surface area contributed by atoms with Crippen LogP contribution < -0.4 is 11.1 Å². The first-order valence-corrected chi connectivity index (χ1v) is 11.6. The number of nitrogens with two attached hydrogens (primary N) is 1. The Hall–Kier alpha value is -3.10. The molecule has 1 atom stereocenters. The van der Waals surface area contributed by atoms with E-state index in [1.54, 1.807) is 30.1 Å². The predicted octanol–water partition coefficient (Wildman–Crippen LogP) is 5.09. The van der Waals surface area contributed by atoms with E-state index in [1.165, 1.54) is 4.90 Å². The van der Waals surface area contributed by atoms with E-state index < -0.39 is 0 Å². The van der Waals surface area contributed by atoms with Gasteiger partial charge in [-0.1, -0.05) is 48.4 Å². The second kappa shape index (κ2) is 9.58. The van der Waals surface area contributed by atoms with Gasteiger partial charge in [-0.2, -0.15) is 0 Å². The Balaban J connectivity index is 1.55. The van der Waals surface area contributed by atoms with Crippen molar-refractivity contribution in [2.24, 2.45) is 0 Å². The lowest BCUT2D eigenvalue weighted by Crippen LogP contribution is -2.18. The van der Waals surface area contributed by atoms with Crippen LogP contribution in [-0.4, -0.2) is 32.4 Å². The minimum Gasteiger partial charge on any atom is -0.382 e. The van der Waals surface area contributed by atoms with Crippen LogP contribution in [0.3, 0.4) is 0 Å². The highest BCUT2D eigenvalue weighted by Gasteiger charge is 2.27. The summed E-state index contributed by atoms with van der Waals surface area (Å²) in [4.78, 5) is 22.7. The molecule has 164 valence electrons. The number of nitrogen functional groups attached to an aromatic ring is 1. The molecule has 7 nitrogen and oxygen atoms in total. The van der Waals surface area contributed by atoms with E-state index in [0.717, 1.165) is 30.5 Å². The number of anilines is 1. The van der Waals surface area contributed by atoms with Gasteiger partial charge in [0.2, 0.25) is 5.69 Å². The molecule has 0 aliphatic carbocycles. The van der Waals surface area contributed by atoms with Gasteiger partial charge in [0.1, 0.15) is 0 Å². The predicted molar refractivity (Wildman–Crippen MR) is 129 cm³/mol. The zero-order valence-corrected chi connectivity index (χ0v) is 19.0. The summed E-state index contributed by atoms with van der Waals surface area (Å²) >= 11 is 1.78. The van der Waals surface area contributed by atoms with Crippen molar-refractivity contribution in [1.82, 2.24) is 15.3 Å². The number of thioether (sulfide) groups is 1. The summed E-state index contributed by atoms with van der Waals surface area (Å²) in [5.74, 6) is -0.283. The third-order valence-electron chi connectivity index (χ3n) is 5.34. The molecule has 2 heterocycles. The molecular formula is C24H27N6OS+. The number of nitrogens with zero attached hydrogens (tertiary/aromatic N) is 3. The Morgan fingerprint density at radius 2 is 1.91 bits per heavy atom. The first-order chi connectivity index (χ1) is 15.4. The van der Waals surface area contributed by atoms with Crippen molar-refractivity contribution >= 4 is 29.1 Å². The normalized spacial score (nSPS) is 15.8. The average molecular weight is 448 g/mol. The number of nitrogens with one attached hydrogen (secondary N) is 2. The Morgan fingerprint density at radius 1 is 1.19 bits per heavy atom. The number of rotatable bonds is 6. The molecule has 4 rings (SSSR count). The Kier molecular flexibility index (Phi) is 6.62. The maximum atomic E-state index is 12.9. The third-order valence-corrected chi connectivity index (χ3v) is 6.36. The molecule has 1 fully saturated rings. The summed E-state index contributed by atoms with van der Waals surface area (Å²) in [6, 6.07) is 15.6. The van der Waals surface area contributed by atoms with Crippen LogP contribution in [0.4, 0.5) is 11.5 Å². The van der Waals surface area contributed by atoms with Gasteiger partial charge in [0, 0.05) is 26.5 Å². The van der Waals surface area contributed by atoms with E-state index >= 15 is 0 Å². The Labute approximate surface area is 192 Å². The van der Waals surface area contributed by atoms with Gasteiger partial charge >= 0.3 is 5.84 Å². The number of hydrogen-bond acceptors (Lipinski definition) is 7. The summed E-state index contributed by atoms with van der Waals surface area (Å²) in [6.45, 7) is 5.31. The minimum absolute atomic E-state index is 0.0540. The Bertz CT molecular complexity index is 1120. The Morgan fingerprint density at radius 3 is 2.53 bits per heavy atom. The molecule has 1 saturated heterocycles. The molecule has 0 radical (unpaired) electrons. The van der Waals surface area contributed by atoms with Crippen molar-refractivity contribution in [2.75, 3.05) is 12.3 Å². The second-order valence-corrected chi connectivity index (χ2v) is 9.71. The van der Waals surface area contributed by atoms with Gasteiger partial charge in [0.25, 0.3) is 0 Å². The minimum atomic E-state index is -0.337. The van der Waals surface area contributed by atoms with Crippen LogP contribution in [-0.2, 0) is 0 Å². The zero-order valence-electron chi connectivity index (χ0n) is 18.2. The third kappa shape index (κ3) is 4.87. The summed E-state index contributed by atoms with van der Waals surface area (Å²) in [5.41, 5.74) is 8.97. The van der Waals surface area contributed by atoms with E-state index in [2.05, 4.69) is 29.1 Å². The largest absolute Gasteiger partial charge is 0.388 e. The first kappa shape index (κ1) is 22.1. The smallest absolute Gasteiger partial charge is 0.382 e. The first-order valence-electron chi connectivity index (χ1n) is 10.7. The van der Waals surface area contributed by atoms with Crippen LogP contribution in [0.1, 0.15) is 44.0 Å². The van der Waals surface area contributed by atoms with E-state index in [-0.39, 0.29) is 17.3 Å². The van der Waals surface area contributed by atoms with Crippen LogP contribution in [0.15, 0.2) is 59.6 Å². The summed E-state index contributed by atoms with van der Waals surface area (Å²) in [7, 11) is 0. The van der Waals surface area contributed by atoms with Gasteiger partial charge in [0.15, 0.2) is 11.5 Å². The van der Waals surface area contributed by atoms with Crippen LogP contribution in [0.2, 0.25) is 0 Å². The van der Waals surface area contributed by atoms with E-state index in [0.29, 0.717) is 27.4 Å². The van der Waals surface area contributed by atoms with E-state index in [9.17, 15) is 4.91 Å². The molecule has 8 heteroatoms. The molecular weight excluding hydrogens is 420 g/mol. The molecule has 1 aromatic heterocycles. The summed E-state index contributed by atoms with van der Waals surface area (Å²) in [6.07, 6.45) is 3.81. The van der Waals surface area contributed by atoms with Crippen molar-refractivity contribution < 1.29 is 4.76 Å². The highest BCUT2D eigenvalue weighted by atomic mass is 32.2. The van der Waals surface area contributed by atoms with Gasteiger partial charge in [-0.25, -0.2) is 9.97 Å². The van der Waals surface area contributed by atoms with Gasteiger partial charge in [-0.3, -0.25) is 0 Å². The highest BCUT2D eigenvalue weighted by molar-refractivity contribution is 7.99. The van der Waals surface area contributed by atoms with Gasteiger partial charge in [-0.15, -0.1) is 11.8 Å². The molecule has 0 bridgehead atoms. The number of nitroso groups, excluding NO2 is 1.